The fourth-order valence-corrected chi connectivity index (χ4v) is 6.01. The number of fused-ring (bicyclic) bond motifs is 1. The van der Waals surface area contributed by atoms with Crippen LogP contribution in [0.25, 0.3) is 0 Å². The van der Waals surface area contributed by atoms with Crippen LogP contribution in [0.2, 0.25) is 0 Å². The van der Waals surface area contributed by atoms with Crippen molar-refractivity contribution < 1.29 is 36.6 Å². The highest BCUT2D eigenvalue weighted by Crippen LogP contribution is 2.41. The Labute approximate surface area is 220 Å². The van der Waals surface area contributed by atoms with Gasteiger partial charge < -0.3 is 19.5 Å². The maximum Gasteiger partial charge on any atom is 0.341 e. The van der Waals surface area contributed by atoms with Crippen LogP contribution in [0.1, 0.15) is 38.8 Å². The Morgan fingerprint density at radius 1 is 1.03 bits per heavy atom. The fraction of sp³-hybridized carbons (Fsp3) is 0.259. The van der Waals surface area contributed by atoms with Crippen molar-refractivity contribution in [1.82, 2.24) is 0 Å². The number of ether oxygens (including phenoxy) is 3. The summed E-state index contributed by atoms with van der Waals surface area (Å²) in [7, 11) is -1.21. The zero-order chi connectivity index (χ0) is 27.6. The topological polar surface area (TPSA) is 111 Å². The van der Waals surface area contributed by atoms with Crippen molar-refractivity contribution in [3.63, 3.8) is 0 Å². The number of amides is 1. The van der Waals surface area contributed by atoms with Crippen LogP contribution >= 0.6 is 0 Å². The highest BCUT2D eigenvalue weighted by atomic mass is 32.2. The van der Waals surface area contributed by atoms with E-state index in [0.717, 1.165) is 11.6 Å². The largest absolute Gasteiger partial charge is 0.496 e. The van der Waals surface area contributed by atoms with Gasteiger partial charge in [0.05, 0.1) is 32.1 Å². The number of rotatable bonds is 8. The summed E-state index contributed by atoms with van der Waals surface area (Å²) in [6.07, 6.45) is 0.383. The Morgan fingerprint density at radius 3 is 2.42 bits per heavy atom. The number of hydrogen-bond donors (Lipinski definition) is 1. The summed E-state index contributed by atoms with van der Waals surface area (Å²) in [5.74, 6) is -1.72. The Bertz CT molecular complexity index is 1520. The fourth-order valence-electron chi connectivity index (χ4n) is 4.28. The van der Waals surface area contributed by atoms with E-state index in [9.17, 15) is 22.4 Å². The monoisotopic (exact) mass is 542 g/mol. The summed E-state index contributed by atoms with van der Waals surface area (Å²) < 4.78 is 58.7. The number of halogens is 1. The van der Waals surface area contributed by atoms with Crippen molar-refractivity contribution >= 4 is 33.3 Å². The summed E-state index contributed by atoms with van der Waals surface area (Å²) >= 11 is 0. The summed E-state index contributed by atoms with van der Waals surface area (Å²) in [6, 6.07) is 11.4. The van der Waals surface area contributed by atoms with Gasteiger partial charge in [-0.3, -0.25) is 9.10 Å². The van der Waals surface area contributed by atoms with Gasteiger partial charge in [-0.2, -0.15) is 0 Å². The molecule has 3 aromatic carbocycles. The van der Waals surface area contributed by atoms with Gasteiger partial charge in [-0.05, 0) is 68.3 Å². The van der Waals surface area contributed by atoms with Gasteiger partial charge in [-0.25, -0.2) is 17.6 Å². The molecule has 0 saturated carbocycles. The number of benzene rings is 3. The molecule has 0 aliphatic carbocycles. The highest BCUT2D eigenvalue weighted by molar-refractivity contribution is 7.93. The lowest BCUT2D eigenvalue weighted by molar-refractivity contribution is 0.0521. The van der Waals surface area contributed by atoms with E-state index in [1.807, 2.05) is 0 Å². The number of carbonyl (C=O) groups is 2. The van der Waals surface area contributed by atoms with Gasteiger partial charge in [-0.15, -0.1) is 0 Å². The highest BCUT2D eigenvalue weighted by Gasteiger charge is 2.35. The van der Waals surface area contributed by atoms with Crippen molar-refractivity contribution in [1.29, 1.82) is 0 Å². The van der Waals surface area contributed by atoms with E-state index >= 15 is 0 Å². The number of sulfonamides is 1. The lowest BCUT2D eigenvalue weighted by Crippen LogP contribution is -2.29. The first-order chi connectivity index (χ1) is 18.1. The maximum atomic E-state index is 14.5. The quantitative estimate of drug-likeness (QED) is 0.422. The minimum atomic E-state index is -4.04. The molecule has 0 spiro atoms. The van der Waals surface area contributed by atoms with Crippen molar-refractivity contribution in [2.24, 2.45) is 0 Å². The summed E-state index contributed by atoms with van der Waals surface area (Å²) in [4.78, 5) is 25.0. The van der Waals surface area contributed by atoms with E-state index in [1.165, 1.54) is 48.9 Å². The van der Waals surface area contributed by atoms with Crippen molar-refractivity contribution in [3.05, 3.63) is 76.6 Å². The molecule has 0 fully saturated rings. The van der Waals surface area contributed by atoms with E-state index in [1.54, 1.807) is 26.0 Å². The van der Waals surface area contributed by atoms with Gasteiger partial charge in [0.2, 0.25) is 0 Å². The molecule has 200 valence electrons. The molecule has 4 rings (SSSR count). The second kappa shape index (κ2) is 10.7. The number of anilines is 2. The molecule has 0 saturated heterocycles. The van der Waals surface area contributed by atoms with Gasteiger partial charge in [0.15, 0.2) is 0 Å². The van der Waals surface area contributed by atoms with E-state index < -0.39 is 27.7 Å². The molecular weight excluding hydrogens is 515 g/mol. The zero-order valence-corrected chi connectivity index (χ0v) is 22.1. The summed E-state index contributed by atoms with van der Waals surface area (Å²) in [5, 5.41) is 2.58. The van der Waals surface area contributed by atoms with Crippen LogP contribution in [0.4, 0.5) is 15.8 Å². The first kappa shape index (κ1) is 26.9. The number of methoxy groups -OCH3 is 2. The maximum absolute atomic E-state index is 14.5. The second-order valence-electron chi connectivity index (χ2n) is 8.53. The Hall–Kier alpha value is -4.12. The van der Waals surface area contributed by atoms with Gasteiger partial charge in [0, 0.05) is 23.4 Å². The number of nitrogens with one attached hydrogen (secondary N) is 1. The van der Waals surface area contributed by atoms with Crippen LogP contribution in [-0.2, 0) is 21.2 Å². The molecule has 0 bridgehead atoms. The minimum absolute atomic E-state index is 0.0128. The molecular formula is C27H27FN2O7S. The minimum Gasteiger partial charge on any atom is -0.496 e. The molecule has 1 aliphatic heterocycles. The van der Waals surface area contributed by atoms with Crippen LogP contribution in [0, 0.1) is 12.7 Å². The number of esters is 1. The van der Waals surface area contributed by atoms with Crippen molar-refractivity contribution in [3.8, 4) is 11.5 Å². The van der Waals surface area contributed by atoms with Crippen LogP contribution in [0.5, 0.6) is 11.5 Å². The summed E-state index contributed by atoms with van der Waals surface area (Å²) in [5.41, 5.74) is 1.65. The molecule has 0 aromatic heterocycles. The first-order valence-corrected chi connectivity index (χ1v) is 13.2. The molecule has 0 atom stereocenters. The predicted octanol–water partition coefficient (Wildman–Crippen LogP) is 4.33. The van der Waals surface area contributed by atoms with Crippen LogP contribution in [-0.4, -0.2) is 47.7 Å². The average molecular weight is 543 g/mol. The standard InChI is InChI=1S/C27H27FN2O7S/c1-5-37-27(32)19-8-7-18(15-21(19)28)29-26(31)17-13-22-20(24(14-17)36-4)10-11-30(22)38(33,34)25-12-16(2)6-9-23(25)35-3/h6-9,12-15H,5,10-11H2,1-4H3,(H,29,31). The Morgan fingerprint density at radius 2 is 1.76 bits per heavy atom. The molecule has 1 N–H and O–H groups in total. The van der Waals surface area contributed by atoms with E-state index in [-0.39, 0.29) is 40.6 Å². The van der Waals surface area contributed by atoms with E-state index in [0.29, 0.717) is 23.4 Å². The molecule has 0 unspecified atom stereocenters. The molecule has 11 heteroatoms. The first-order valence-electron chi connectivity index (χ1n) is 11.8. The normalized spacial score (nSPS) is 12.6. The van der Waals surface area contributed by atoms with Crippen LogP contribution < -0.4 is 19.1 Å². The smallest absolute Gasteiger partial charge is 0.341 e. The van der Waals surface area contributed by atoms with Gasteiger partial charge in [0.1, 0.15) is 22.2 Å². The number of carbonyl (C=O) groups excluding carboxylic acids is 2. The Kier molecular flexibility index (Phi) is 7.58. The van der Waals surface area contributed by atoms with Crippen LogP contribution in [0.15, 0.2) is 53.4 Å². The van der Waals surface area contributed by atoms with Gasteiger partial charge in [0.25, 0.3) is 15.9 Å². The number of nitrogens with zero attached hydrogens (tertiary/aromatic N) is 1. The molecule has 0 radical (unpaired) electrons. The van der Waals surface area contributed by atoms with Gasteiger partial charge in [-0.1, -0.05) is 6.07 Å². The molecule has 1 amide bonds. The second-order valence-corrected chi connectivity index (χ2v) is 10.4. The lowest BCUT2D eigenvalue weighted by Gasteiger charge is -2.22. The molecule has 3 aromatic rings. The molecule has 1 heterocycles. The lowest BCUT2D eigenvalue weighted by atomic mass is 10.1. The van der Waals surface area contributed by atoms with Crippen molar-refractivity contribution in [2.75, 3.05) is 37.0 Å². The van der Waals surface area contributed by atoms with Crippen LogP contribution in [0.3, 0.4) is 0 Å². The number of aryl methyl sites for hydroxylation is 1. The van der Waals surface area contributed by atoms with Crippen molar-refractivity contribution in [2.45, 2.75) is 25.2 Å². The predicted molar refractivity (Wildman–Crippen MR) is 139 cm³/mol. The third kappa shape index (κ3) is 5.01. The SMILES string of the molecule is CCOC(=O)c1ccc(NC(=O)c2cc(OC)c3c(c2)N(S(=O)(=O)c2cc(C)ccc2OC)CC3)cc1F. The molecule has 38 heavy (non-hydrogen) atoms. The number of hydrogen-bond acceptors (Lipinski definition) is 7. The summed E-state index contributed by atoms with van der Waals surface area (Å²) in [6.45, 7) is 3.64. The van der Waals surface area contributed by atoms with Gasteiger partial charge >= 0.3 is 5.97 Å². The average Bonchev–Trinajstić information content (AvgIpc) is 3.33. The molecule has 1 aliphatic rings. The van der Waals surface area contributed by atoms with E-state index in [2.05, 4.69) is 5.32 Å². The zero-order valence-electron chi connectivity index (χ0n) is 21.3. The molecule has 9 nitrogen and oxygen atoms in total. The third-order valence-corrected chi connectivity index (χ3v) is 7.94. The Balaban J connectivity index is 1.68. The van der Waals surface area contributed by atoms with E-state index in [4.69, 9.17) is 14.2 Å². The third-order valence-electron chi connectivity index (χ3n) is 6.11.